The molecule has 8 heteroatoms. The lowest BCUT2D eigenvalue weighted by molar-refractivity contribution is -0.137. The van der Waals surface area contributed by atoms with Gasteiger partial charge >= 0.3 is 0 Å². The molecule has 2 aliphatic heterocycles. The zero-order valence-electron chi connectivity index (χ0n) is 16.7. The summed E-state index contributed by atoms with van der Waals surface area (Å²) in [5.74, 6) is 0.121. The monoisotopic (exact) mass is 471 g/mol. The van der Waals surface area contributed by atoms with Crippen molar-refractivity contribution in [3.63, 3.8) is 0 Å². The van der Waals surface area contributed by atoms with Crippen molar-refractivity contribution in [1.82, 2.24) is 26.1 Å². The predicted molar refractivity (Wildman–Crippen MR) is 117 cm³/mol. The molecule has 2 saturated heterocycles. The topological polar surface area (TPSA) is 86.4 Å². The van der Waals surface area contributed by atoms with E-state index < -0.39 is 0 Å². The Morgan fingerprint density at radius 1 is 1.10 bits per heavy atom. The third kappa shape index (κ3) is 5.06. The number of halogens is 1. The zero-order chi connectivity index (χ0) is 20.9. The van der Waals surface area contributed by atoms with Gasteiger partial charge in [-0.25, -0.2) is 10.9 Å². The van der Waals surface area contributed by atoms with Crippen molar-refractivity contribution in [2.45, 2.75) is 37.9 Å². The summed E-state index contributed by atoms with van der Waals surface area (Å²) in [4.78, 5) is 31.6. The molecular weight excluding hydrogens is 446 g/mol. The minimum Gasteiger partial charge on any atom is -0.352 e. The Morgan fingerprint density at radius 2 is 1.87 bits per heavy atom. The minimum absolute atomic E-state index is 0.0297. The average Bonchev–Trinajstić information content (AvgIpc) is 3.29. The van der Waals surface area contributed by atoms with Crippen LogP contribution >= 0.6 is 15.9 Å². The molecule has 4 rings (SSSR count). The van der Waals surface area contributed by atoms with Crippen molar-refractivity contribution in [2.75, 3.05) is 13.1 Å². The molecule has 1 aromatic heterocycles. The average molecular weight is 472 g/mol. The summed E-state index contributed by atoms with van der Waals surface area (Å²) in [6.45, 7) is 1.75. The summed E-state index contributed by atoms with van der Waals surface area (Å²) in [5.41, 5.74) is 8.30. The number of carbonyl (C=O) groups excluding carboxylic acids is 2. The molecule has 2 aliphatic rings. The Hall–Kier alpha value is -2.29. The highest BCUT2D eigenvalue weighted by atomic mass is 79.9. The number of likely N-dealkylation sites (tertiary alicyclic amines) is 1. The van der Waals surface area contributed by atoms with Gasteiger partial charge in [0, 0.05) is 36.2 Å². The van der Waals surface area contributed by atoms with Crippen molar-refractivity contribution in [3.8, 4) is 0 Å². The van der Waals surface area contributed by atoms with Gasteiger partial charge in [0.2, 0.25) is 11.8 Å². The maximum atomic E-state index is 12.9. The Balaban J connectivity index is 1.22. The Labute approximate surface area is 184 Å². The van der Waals surface area contributed by atoms with Crippen LogP contribution in [0.5, 0.6) is 0 Å². The van der Waals surface area contributed by atoms with Gasteiger partial charge in [-0.1, -0.05) is 34.1 Å². The number of nitrogens with one attached hydrogen (secondary N) is 3. The highest BCUT2D eigenvalue weighted by molar-refractivity contribution is 9.10. The molecular formula is C22H26BrN5O2. The number of aromatic nitrogens is 1. The molecule has 2 fully saturated rings. The molecule has 0 spiro atoms. The summed E-state index contributed by atoms with van der Waals surface area (Å²) in [6.07, 6.45) is 3.83. The number of hydrogen-bond acceptors (Lipinski definition) is 5. The Kier molecular flexibility index (Phi) is 6.76. The molecule has 1 aromatic carbocycles. The van der Waals surface area contributed by atoms with E-state index in [1.54, 1.807) is 6.20 Å². The Morgan fingerprint density at radius 3 is 2.57 bits per heavy atom. The first-order chi connectivity index (χ1) is 14.6. The fourth-order valence-electron chi connectivity index (χ4n) is 4.01. The molecule has 2 atom stereocenters. The number of carbonyl (C=O) groups is 2. The summed E-state index contributed by atoms with van der Waals surface area (Å²) < 4.78 is 1.02. The summed E-state index contributed by atoms with van der Waals surface area (Å²) in [7, 11) is 0. The van der Waals surface area contributed by atoms with Crippen molar-refractivity contribution in [2.24, 2.45) is 5.92 Å². The van der Waals surface area contributed by atoms with E-state index in [2.05, 4.69) is 37.1 Å². The molecule has 2 aromatic rings. The second-order valence-corrected chi connectivity index (χ2v) is 8.74. The fraction of sp³-hybridized carbons (Fsp3) is 0.409. The van der Waals surface area contributed by atoms with Gasteiger partial charge in [0.1, 0.15) is 6.04 Å². The van der Waals surface area contributed by atoms with Gasteiger partial charge in [-0.15, -0.1) is 0 Å². The van der Waals surface area contributed by atoms with Crippen LogP contribution < -0.4 is 16.2 Å². The highest BCUT2D eigenvalue weighted by Gasteiger charge is 2.35. The third-order valence-electron chi connectivity index (χ3n) is 5.80. The molecule has 158 valence electrons. The quantitative estimate of drug-likeness (QED) is 0.622. The minimum atomic E-state index is -0.264. The van der Waals surface area contributed by atoms with E-state index >= 15 is 0 Å². The van der Waals surface area contributed by atoms with Gasteiger partial charge in [-0.2, -0.15) is 0 Å². The molecule has 7 nitrogen and oxygen atoms in total. The van der Waals surface area contributed by atoms with Crippen LogP contribution in [0.1, 0.15) is 36.6 Å². The van der Waals surface area contributed by atoms with Gasteiger partial charge in [0.25, 0.3) is 0 Å². The van der Waals surface area contributed by atoms with Gasteiger partial charge < -0.3 is 10.2 Å². The standard InChI is InChI=1S/C22H26BrN5O2/c23-17-6-4-15(5-7-17)14-25-21(29)16-8-11-28(12-9-16)22(30)20-13-19(26-27-20)18-3-1-2-10-24-18/h1-7,10,16,19-20,26-27H,8-9,11-14H2,(H,25,29). The van der Waals surface area contributed by atoms with Crippen molar-refractivity contribution in [3.05, 3.63) is 64.4 Å². The third-order valence-corrected chi connectivity index (χ3v) is 6.33. The lowest BCUT2D eigenvalue weighted by atomic mass is 9.95. The second-order valence-electron chi connectivity index (χ2n) is 7.83. The highest BCUT2D eigenvalue weighted by Crippen LogP contribution is 2.24. The Bertz CT molecular complexity index is 869. The number of piperidine rings is 1. The van der Waals surface area contributed by atoms with Crippen molar-refractivity contribution >= 4 is 27.7 Å². The first kappa shape index (κ1) is 21.0. The van der Waals surface area contributed by atoms with Gasteiger partial charge in [-0.05, 0) is 49.1 Å². The van der Waals surface area contributed by atoms with Crippen LogP contribution in [0.25, 0.3) is 0 Å². The van der Waals surface area contributed by atoms with Crippen LogP contribution in [0, 0.1) is 5.92 Å². The van der Waals surface area contributed by atoms with Gasteiger partial charge in [0.15, 0.2) is 0 Å². The van der Waals surface area contributed by atoms with Crippen molar-refractivity contribution < 1.29 is 9.59 Å². The fourth-order valence-corrected chi connectivity index (χ4v) is 4.28. The number of hydrazine groups is 1. The van der Waals surface area contributed by atoms with Crippen LogP contribution in [-0.4, -0.2) is 40.8 Å². The molecule has 30 heavy (non-hydrogen) atoms. The summed E-state index contributed by atoms with van der Waals surface area (Å²) >= 11 is 3.41. The van der Waals surface area contributed by atoms with Crippen LogP contribution in [0.4, 0.5) is 0 Å². The summed E-state index contributed by atoms with van der Waals surface area (Å²) in [5, 5.41) is 3.02. The smallest absolute Gasteiger partial charge is 0.241 e. The number of benzene rings is 1. The predicted octanol–water partition coefficient (Wildman–Crippen LogP) is 2.31. The number of rotatable bonds is 5. The van der Waals surface area contributed by atoms with E-state index in [1.807, 2.05) is 47.4 Å². The second kappa shape index (κ2) is 9.68. The van der Waals surface area contributed by atoms with E-state index in [0.29, 0.717) is 38.9 Å². The molecule has 3 N–H and O–H groups in total. The molecule has 0 saturated carbocycles. The molecule has 3 heterocycles. The first-order valence-corrected chi connectivity index (χ1v) is 11.1. The van der Waals surface area contributed by atoms with Crippen LogP contribution in [0.15, 0.2) is 53.1 Å². The number of hydrogen-bond donors (Lipinski definition) is 3. The number of amides is 2. The molecule has 0 radical (unpaired) electrons. The SMILES string of the molecule is O=C(NCc1ccc(Br)cc1)C1CCN(C(=O)C2CC(c3ccccn3)NN2)CC1. The van der Waals surface area contributed by atoms with Crippen LogP contribution in [0.2, 0.25) is 0 Å². The number of pyridine rings is 1. The number of nitrogens with zero attached hydrogens (tertiary/aromatic N) is 2. The molecule has 2 unspecified atom stereocenters. The van der Waals surface area contributed by atoms with Crippen LogP contribution in [0.3, 0.4) is 0 Å². The zero-order valence-corrected chi connectivity index (χ0v) is 18.3. The van der Waals surface area contributed by atoms with Gasteiger partial charge in [-0.3, -0.25) is 14.6 Å². The lowest BCUT2D eigenvalue weighted by Crippen LogP contribution is -2.49. The molecule has 0 bridgehead atoms. The normalized spacial score (nSPS) is 22.1. The van der Waals surface area contributed by atoms with E-state index in [9.17, 15) is 9.59 Å². The summed E-state index contributed by atoms with van der Waals surface area (Å²) in [6, 6.07) is 13.5. The maximum Gasteiger partial charge on any atom is 0.241 e. The van der Waals surface area contributed by atoms with E-state index in [0.717, 1.165) is 15.7 Å². The van der Waals surface area contributed by atoms with Crippen LogP contribution in [-0.2, 0) is 16.1 Å². The largest absolute Gasteiger partial charge is 0.352 e. The molecule has 0 aliphatic carbocycles. The molecule has 2 amide bonds. The van der Waals surface area contributed by atoms with E-state index in [4.69, 9.17) is 0 Å². The van der Waals surface area contributed by atoms with E-state index in [-0.39, 0.29) is 29.8 Å². The van der Waals surface area contributed by atoms with Gasteiger partial charge in [0.05, 0.1) is 11.7 Å². The maximum absolute atomic E-state index is 12.9. The lowest BCUT2D eigenvalue weighted by Gasteiger charge is -2.32. The van der Waals surface area contributed by atoms with E-state index in [1.165, 1.54) is 0 Å². The van der Waals surface area contributed by atoms with Crippen molar-refractivity contribution in [1.29, 1.82) is 0 Å². The first-order valence-electron chi connectivity index (χ1n) is 10.3.